The smallest absolute Gasteiger partial charge is 0.375 e. The van der Waals surface area contributed by atoms with Crippen molar-refractivity contribution in [2.75, 3.05) is 7.11 Å². The predicted octanol–water partition coefficient (Wildman–Crippen LogP) is 11.6. The lowest BCUT2D eigenvalue weighted by Gasteiger charge is -2.31. The largest absolute Gasteiger partial charge is 0.501 e. The maximum Gasteiger partial charge on any atom is 0.375 e. The summed E-state index contributed by atoms with van der Waals surface area (Å²) in [4.78, 5) is 4.42. The minimum Gasteiger partial charge on any atom is -0.501 e. The number of pyridine rings is 1. The maximum absolute atomic E-state index is 13.7. The molecule has 2 nitrogen and oxygen atoms in total. The molecule has 0 bridgehead atoms. The molecule has 0 saturated heterocycles. The van der Waals surface area contributed by atoms with Crippen LogP contribution in [0.1, 0.15) is 80.3 Å². The summed E-state index contributed by atoms with van der Waals surface area (Å²) in [5.41, 5.74) is 3.67. The van der Waals surface area contributed by atoms with Gasteiger partial charge in [-0.3, -0.25) is 4.98 Å². The van der Waals surface area contributed by atoms with Gasteiger partial charge in [0.1, 0.15) is 0 Å². The van der Waals surface area contributed by atoms with Crippen LogP contribution in [0.15, 0.2) is 84.5 Å². The van der Waals surface area contributed by atoms with Gasteiger partial charge in [-0.2, -0.15) is 26.3 Å². The van der Waals surface area contributed by atoms with Gasteiger partial charge in [0.2, 0.25) is 0 Å². The quantitative estimate of drug-likeness (QED) is 0.126. The van der Waals surface area contributed by atoms with Gasteiger partial charge >= 0.3 is 17.8 Å². The molecule has 0 unspecified atom stereocenters. The minimum absolute atomic E-state index is 0.0236. The van der Waals surface area contributed by atoms with Crippen LogP contribution < -0.4 is 0 Å². The van der Waals surface area contributed by atoms with E-state index in [1.54, 1.807) is 13.0 Å². The highest BCUT2D eigenvalue weighted by Crippen LogP contribution is 2.49. The fraction of sp³-hybridized carbons (Fsp3) is 0.455. The number of methoxy groups -OCH3 is 1. The van der Waals surface area contributed by atoms with E-state index in [2.05, 4.69) is 43.3 Å². The molecule has 0 aliphatic heterocycles. The molecule has 0 N–H and O–H groups in total. The molecule has 0 amide bonds. The van der Waals surface area contributed by atoms with Crippen molar-refractivity contribution < 1.29 is 31.1 Å². The number of ether oxygens (including phenoxy) is 1. The number of aromatic nitrogens is 1. The molecule has 0 saturated carbocycles. The molecular formula is C33H45F6NO. The standard InChI is InChI=1S/C15H13N.C13H18F6O.C3H8.C2H6/c1-3-4-7-12(2)15-14-9-6-5-8-13(14)10-11-16-15;1-5-7-10(20-4)8-9(6-2)12(16,17)13(18,19)11(3,14)15;1-3-2;1-2/h4-11H,1H2,2H3;6,8H,5,7H2,1-4H3;3H2,1-2H3;1-2H3/b12-7+;9-6+,10-8-;;. The van der Waals surface area contributed by atoms with Crippen LogP contribution in [0, 0.1) is 0 Å². The Hall–Kier alpha value is -3.25. The fourth-order valence-electron chi connectivity index (χ4n) is 3.16. The first kappa shape index (κ1) is 39.9. The summed E-state index contributed by atoms with van der Waals surface area (Å²) in [7, 11) is 1.19. The fourth-order valence-corrected chi connectivity index (χ4v) is 3.16. The van der Waals surface area contributed by atoms with Crippen molar-refractivity contribution in [3.8, 4) is 0 Å². The van der Waals surface area contributed by atoms with Crippen molar-refractivity contribution in [3.63, 3.8) is 0 Å². The monoisotopic (exact) mass is 585 g/mol. The molecule has 0 aliphatic carbocycles. The Bertz CT molecular complexity index is 1160. The van der Waals surface area contributed by atoms with E-state index in [-0.39, 0.29) is 19.1 Å². The molecular weight excluding hydrogens is 540 g/mol. The Kier molecular flexibility index (Phi) is 19.2. The summed E-state index contributed by atoms with van der Waals surface area (Å²) < 4.78 is 84.2. The number of fused-ring (bicyclic) bond motifs is 1. The summed E-state index contributed by atoms with van der Waals surface area (Å²) in [6, 6.07) is 10.3. The molecule has 0 aliphatic rings. The van der Waals surface area contributed by atoms with Crippen molar-refractivity contribution in [2.45, 2.75) is 92.4 Å². The Morgan fingerprint density at radius 1 is 1.02 bits per heavy atom. The topological polar surface area (TPSA) is 22.1 Å². The number of alkyl halides is 6. The third kappa shape index (κ3) is 12.0. The second-order valence-electron chi connectivity index (χ2n) is 8.65. The van der Waals surface area contributed by atoms with Gasteiger partial charge in [0.05, 0.1) is 18.6 Å². The van der Waals surface area contributed by atoms with Crippen molar-refractivity contribution >= 4 is 16.3 Å². The first-order valence-electron chi connectivity index (χ1n) is 13.6. The summed E-state index contributed by atoms with van der Waals surface area (Å²) >= 11 is 0. The number of halogens is 6. The Morgan fingerprint density at radius 3 is 2.05 bits per heavy atom. The maximum atomic E-state index is 13.7. The lowest BCUT2D eigenvalue weighted by Crippen LogP contribution is -2.53. The summed E-state index contributed by atoms with van der Waals surface area (Å²) in [5, 5.41) is 2.39. The molecule has 0 spiro atoms. The van der Waals surface area contributed by atoms with Crippen LogP contribution in [0.5, 0.6) is 0 Å². The lowest BCUT2D eigenvalue weighted by atomic mass is 9.96. The second kappa shape index (κ2) is 19.8. The zero-order valence-electron chi connectivity index (χ0n) is 25.7. The van der Waals surface area contributed by atoms with Crippen LogP contribution in [-0.4, -0.2) is 29.9 Å². The highest BCUT2D eigenvalue weighted by atomic mass is 19.3. The number of nitrogens with zero attached hydrogens (tertiary/aromatic N) is 1. The molecule has 0 radical (unpaired) electrons. The minimum atomic E-state index is -5.50. The molecule has 8 heteroatoms. The van der Waals surface area contributed by atoms with E-state index in [9.17, 15) is 26.3 Å². The molecule has 2 rings (SSSR count). The van der Waals surface area contributed by atoms with Crippen molar-refractivity contribution in [1.29, 1.82) is 0 Å². The Balaban J connectivity index is 0. The number of hydrogen-bond donors (Lipinski definition) is 0. The van der Waals surface area contributed by atoms with E-state index in [1.807, 2.05) is 51.2 Å². The van der Waals surface area contributed by atoms with Gasteiger partial charge in [-0.25, -0.2) is 0 Å². The summed E-state index contributed by atoms with van der Waals surface area (Å²) in [6.07, 6.45) is 8.99. The van der Waals surface area contributed by atoms with Crippen molar-refractivity contribution in [3.05, 3.63) is 90.2 Å². The molecule has 1 heterocycles. The Labute approximate surface area is 242 Å². The summed E-state index contributed by atoms with van der Waals surface area (Å²) in [5.74, 6) is -15.3. The molecule has 41 heavy (non-hydrogen) atoms. The van der Waals surface area contributed by atoms with Gasteiger partial charge < -0.3 is 4.74 Å². The highest BCUT2D eigenvalue weighted by molar-refractivity contribution is 5.91. The third-order valence-electron chi connectivity index (χ3n) is 5.19. The van der Waals surface area contributed by atoms with Crippen molar-refractivity contribution in [1.82, 2.24) is 4.98 Å². The van der Waals surface area contributed by atoms with E-state index in [1.165, 1.54) is 24.3 Å². The normalized spacial score (nSPS) is 12.5. The van der Waals surface area contributed by atoms with E-state index >= 15 is 0 Å². The molecule has 230 valence electrons. The second-order valence-corrected chi connectivity index (χ2v) is 8.65. The number of allylic oxidation sites excluding steroid dienone is 7. The van der Waals surface area contributed by atoms with Gasteiger partial charge in [0.25, 0.3) is 0 Å². The first-order chi connectivity index (χ1) is 19.2. The molecule has 1 aromatic carbocycles. The van der Waals surface area contributed by atoms with Crippen LogP contribution in [0.3, 0.4) is 0 Å². The zero-order chi connectivity index (χ0) is 32.3. The number of rotatable bonds is 9. The van der Waals surface area contributed by atoms with Crippen LogP contribution in [0.2, 0.25) is 0 Å². The third-order valence-corrected chi connectivity index (χ3v) is 5.19. The lowest BCUT2D eigenvalue weighted by molar-refractivity contribution is -0.287. The van der Waals surface area contributed by atoms with Gasteiger partial charge in [0.15, 0.2) is 0 Å². The molecule has 0 atom stereocenters. The summed E-state index contributed by atoms with van der Waals surface area (Å²) in [6.45, 7) is 16.4. The van der Waals surface area contributed by atoms with Crippen LogP contribution in [0.4, 0.5) is 26.3 Å². The van der Waals surface area contributed by atoms with E-state index < -0.39 is 23.3 Å². The average Bonchev–Trinajstić information content (AvgIpc) is 2.94. The van der Waals surface area contributed by atoms with E-state index in [0.717, 1.165) is 18.2 Å². The highest BCUT2D eigenvalue weighted by Gasteiger charge is 2.70. The van der Waals surface area contributed by atoms with Gasteiger partial charge in [0, 0.05) is 30.5 Å². The SMILES string of the molecule is C/C=C(\C=C(\CCC)OC)C(F)(F)C(F)(F)C(C)(F)F.C=C=C/C=C(\C)c1nccc2ccccc12.CC.CCC. The molecule has 0 fully saturated rings. The molecule has 2 aromatic rings. The number of hydrogen-bond acceptors (Lipinski definition) is 2. The van der Waals surface area contributed by atoms with Crippen LogP contribution in [0.25, 0.3) is 16.3 Å². The van der Waals surface area contributed by atoms with Crippen LogP contribution >= 0.6 is 0 Å². The van der Waals surface area contributed by atoms with Crippen molar-refractivity contribution in [2.24, 2.45) is 0 Å². The van der Waals surface area contributed by atoms with E-state index in [0.29, 0.717) is 18.6 Å². The zero-order valence-corrected chi connectivity index (χ0v) is 25.7. The van der Waals surface area contributed by atoms with Gasteiger partial charge in [-0.1, -0.05) is 78.0 Å². The first-order valence-corrected chi connectivity index (χ1v) is 13.6. The average molecular weight is 586 g/mol. The van der Waals surface area contributed by atoms with Crippen LogP contribution in [-0.2, 0) is 4.74 Å². The van der Waals surface area contributed by atoms with Gasteiger partial charge in [-0.15, -0.1) is 5.73 Å². The predicted molar refractivity (Wildman–Crippen MR) is 161 cm³/mol. The Morgan fingerprint density at radius 2 is 1.59 bits per heavy atom. The van der Waals surface area contributed by atoms with Gasteiger partial charge in [-0.05, 0) is 55.5 Å². The van der Waals surface area contributed by atoms with E-state index in [4.69, 9.17) is 4.74 Å². The number of benzene rings is 1. The molecule has 1 aromatic heterocycles.